The first kappa shape index (κ1) is 18.3. The summed E-state index contributed by atoms with van der Waals surface area (Å²) in [4.78, 5) is 13.2. The Hall–Kier alpha value is -2.09. The smallest absolute Gasteiger partial charge is 0.310 e. The first-order valence-electron chi connectivity index (χ1n) is 7.82. The molecule has 6 nitrogen and oxygen atoms in total. The Labute approximate surface area is 141 Å². The van der Waals surface area contributed by atoms with Crippen molar-refractivity contribution < 1.29 is 12.8 Å². The highest BCUT2D eigenvalue weighted by Gasteiger charge is 2.16. The van der Waals surface area contributed by atoms with Gasteiger partial charge in [-0.3, -0.25) is 0 Å². The molecule has 0 spiro atoms. The van der Waals surface area contributed by atoms with E-state index >= 15 is 0 Å². The van der Waals surface area contributed by atoms with Crippen molar-refractivity contribution in [2.75, 3.05) is 23.0 Å². The molecule has 8 heteroatoms. The average Bonchev–Trinajstić information content (AvgIpc) is 2.51. The fraction of sp³-hybridized carbons (Fsp3) is 0.438. The predicted molar refractivity (Wildman–Crippen MR) is 91.5 cm³/mol. The summed E-state index contributed by atoms with van der Waals surface area (Å²) < 4.78 is 37.3. The first-order chi connectivity index (χ1) is 11.4. The molecule has 0 aliphatic heterocycles. The zero-order chi connectivity index (χ0) is 17.6. The van der Waals surface area contributed by atoms with Gasteiger partial charge in [-0.15, -0.1) is 0 Å². The molecule has 0 saturated carbocycles. The fourth-order valence-electron chi connectivity index (χ4n) is 2.36. The van der Waals surface area contributed by atoms with Crippen molar-refractivity contribution >= 4 is 21.5 Å². The highest BCUT2D eigenvalue weighted by molar-refractivity contribution is 7.91. The van der Waals surface area contributed by atoms with Crippen molar-refractivity contribution in [3.05, 3.63) is 42.2 Å². The molecule has 130 valence electrons. The van der Waals surface area contributed by atoms with Gasteiger partial charge in [0.05, 0.1) is 5.75 Å². The Balaban J connectivity index is 2.21. The van der Waals surface area contributed by atoms with Crippen LogP contribution in [0, 0.1) is 13.0 Å². The van der Waals surface area contributed by atoms with E-state index in [-0.39, 0.29) is 23.3 Å². The van der Waals surface area contributed by atoms with Crippen LogP contribution in [0.5, 0.6) is 0 Å². The summed E-state index contributed by atoms with van der Waals surface area (Å²) in [6.45, 7) is 3.79. The molecule has 0 fully saturated rings. The molecule has 0 unspecified atom stereocenters. The van der Waals surface area contributed by atoms with Gasteiger partial charge in [-0.1, -0.05) is 25.1 Å². The molecule has 0 bridgehead atoms. The van der Waals surface area contributed by atoms with Gasteiger partial charge in [0.25, 0.3) is 0 Å². The Morgan fingerprint density at radius 2 is 1.79 bits per heavy atom. The van der Waals surface area contributed by atoms with Crippen LogP contribution in [0.25, 0.3) is 0 Å². The van der Waals surface area contributed by atoms with Crippen LogP contribution in [0.15, 0.2) is 30.3 Å². The Bertz CT molecular complexity index is 749. The van der Waals surface area contributed by atoms with Gasteiger partial charge >= 0.3 is 6.08 Å². The lowest BCUT2D eigenvalue weighted by Crippen LogP contribution is -2.24. The molecule has 2 aromatic rings. The topological polar surface area (TPSA) is 76.1 Å². The second-order valence-electron chi connectivity index (χ2n) is 5.44. The van der Waals surface area contributed by atoms with Crippen LogP contribution in [0.4, 0.5) is 16.0 Å². The number of aryl methyl sites for hydroxylation is 1. The van der Waals surface area contributed by atoms with Crippen molar-refractivity contribution in [1.82, 2.24) is 15.0 Å². The number of rotatable bonds is 8. The lowest BCUT2D eigenvalue weighted by Gasteiger charge is -2.22. The van der Waals surface area contributed by atoms with Crippen molar-refractivity contribution in [2.45, 2.75) is 26.7 Å². The minimum atomic E-state index is -3.06. The summed E-state index contributed by atoms with van der Waals surface area (Å²) >= 11 is 0. The maximum absolute atomic E-state index is 13.5. The number of sulfone groups is 1. The number of benzene rings is 1. The fourth-order valence-corrected chi connectivity index (χ4v) is 3.76. The standard InChI is InChI=1S/C16H21FN4O2S/c1-3-11-24(22,23)12-7-10-21(14-8-5-4-6-9-14)16-19-13(2)18-15(17)20-16/h4-6,8-9H,3,7,10-12H2,1-2H3. The second kappa shape index (κ2) is 8.14. The van der Waals surface area contributed by atoms with Crippen LogP contribution < -0.4 is 4.90 Å². The van der Waals surface area contributed by atoms with E-state index in [2.05, 4.69) is 15.0 Å². The molecule has 1 aromatic carbocycles. The number of hydrogen-bond donors (Lipinski definition) is 0. The summed E-state index contributed by atoms with van der Waals surface area (Å²) in [6, 6.07) is 9.25. The number of halogens is 1. The van der Waals surface area contributed by atoms with E-state index in [9.17, 15) is 12.8 Å². The van der Waals surface area contributed by atoms with Crippen molar-refractivity contribution in [2.24, 2.45) is 0 Å². The minimum Gasteiger partial charge on any atom is -0.310 e. The normalized spacial score (nSPS) is 11.5. The minimum absolute atomic E-state index is 0.0801. The predicted octanol–water partition coefficient (Wildman–Crippen LogP) is 2.67. The number of nitrogens with zero attached hydrogens (tertiary/aromatic N) is 4. The maximum Gasteiger partial charge on any atom is 0.313 e. The van der Waals surface area contributed by atoms with Crippen LogP contribution in [-0.4, -0.2) is 41.4 Å². The summed E-state index contributed by atoms with van der Waals surface area (Å²) in [5, 5.41) is 0. The Morgan fingerprint density at radius 1 is 1.08 bits per heavy atom. The molecule has 0 radical (unpaired) electrons. The molecular weight excluding hydrogens is 331 g/mol. The highest BCUT2D eigenvalue weighted by Crippen LogP contribution is 2.22. The first-order valence-corrected chi connectivity index (χ1v) is 9.64. The largest absolute Gasteiger partial charge is 0.313 e. The van der Waals surface area contributed by atoms with Crippen LogP contribution in [-0.2, 0) is 9.84 Å². The van der Waals surface area contributed by atoms with Crippen molar-refractivity contribution in [3.63, 3.8) is 0 Å². The van der Waals surface area contributed by atoms with Gasteiger partial charge in [-0.2, -0.15) is 19.3 Å². The molecular formula is C16H21FN4O2S. The molecule has 24 heavy (non-hydrogen) atoms. The number of anilines is 2. The van der Waals surface area contributed by atoms with Crippen LogP contribution >= 0.6 is 0 Å². The van der Waals surface area contributed by atoms with Crippen molar-refractivity contribution in [1.29, 1.82) is 0 Å². The van der Waals surface area contributed by atoms with E-state index in [1.807, 2.05) is 37.3 Å². The molecule has 0 aliphatic rings. The average molecular weight is 352 g/mol. The summed E-state index contributed by atoms with van der Waals surface area (Å²) in [6.07, 6.45) is 0.156. The molecule has 0 aliphatic carbocycles. The Morgan fingerprint density at radius 3 is 2.42 bits per heavy atom. The van der Waals surface area contributed by atoms with Crippen molar-refractivity contribution in [3.8, 4) is 0 Å². The second-order valence-corrected chi connectivity index (χ2v) is 7.75. The number of para-hydroxylation sites is 1. The molecule has 0 saturated heterocycles. The van der Waals surface area contributed by atoms with Gasteiger partial charge < -0.3 is 4.90 Å². The van der Waals surface area contributed by atoms with Crippen LogP contribution in [0.2, 0.25) is 0 Å². The number of hydrogen-bond acceptors (Lipinski definition) is 6. The molecule has 1 aromatic heterocycles. The number of aromatic nitrogens is 3. The van der Waals surface area contributed by atoms with E-state index in [0.717, 1.165) is 5.69 Å². The molecule has 1 heterocycles. The maximum atomic E-state index is 13.5. The quantitative estimate of drug-likeness (QED) is 0.727. The third kappa shape index (κ3) is 5.23. The van der Waals surface area contributed by atoms with Crippen LogP contribution in [0.1, 0.15) is 25.6 Å². The summed E-state index contributed by atoms with van der Waals surface area (Å²) in [7, 11) is -3.06. The van der Waals surface area contributed by atoms with Gasteiger partial charge in [-0.05, 0) is 31.9 Å². The van der Waals surface area contributed by atoms with E-state index in [1.165, 1.54) is 0 Å². The summed E-state index contributed by atoms with van der Waals surface area (Å²) in [5.41, 5.74) is 0.774. The lowest BCUT2D eigenvalue weighted by molar-refractivity contribution is 0.526. The highest BCUT2D eigenvalue weighted by atomic mass is 32.2. The van der Waals surface area contributed by atoms with Crippen LogP contribution in [0.3, 0.4) is 0 Å². The van der Waals surface area contributed by atoms with Gasteiger partial charge in [0.15, 0.2) is 0 Å². The molecule has 0 atom stereocenters. The van der Waals surface area contributed by atoms with Gasteiger partial charge in [0.1, 0.15) is 15.7 Å². The van der Waals surface area contributed by atoms with E-state index in [0.29, 0.717) is 19.4 Å². The van der Waals surface area contributed by atoms with E-state index in [1.54, 1.807) is 11.8 Å². The zero-order valence-electron chi connectivity index (χ0n) is 13.8. The van der Waals surface area contributed by atoms with Gasteiger partial charge in [0.2, 0.25) is 5.95 Å². The third-order valence-corrected chi connectivity index (χ3v) is 5.31. The molecule has 0 N–H and O–H groups in total. The van der Waals surface area contributed by atoms with Gasteiger partial charge in [0, 0.05) is 18.0 Å². The Kier molecular flexibility index (Phi) is 6.19. The monoisotopic (exact) mass is 352 g/mol. The lowest BCUT2D eigenvalue weighted by atomic mass is 10.3. The molecule has 0 amide bonds. The zero-order valence-corrected chi connectivity index (χ0v) is 14.6. The van der Waals surface area contributed by atoms with Gasteiger partial charge in [-0.25, -0.2) is 8.42 Å². The SMILES string of the molecule is CCCS(=O)(=O)CCCN(c1ccccc1)c1nc(C)nc(F)n1. The molecule has 2 rings (SSSR count). The van der Waals surface area contributed by atoms with E-state index < -0.39 is 15.9 Å². The summed E-state index contributed by atoms with van der Waals surface area (Å²) in [5.74, 6) is 0.713. The van der Waals surface area contributed by atoms with E-state index in [4.69, 9.17) is 0 Å². The third-order valence-electron chi connectivity index (χ3n) is 3.37.